The average Bonchev–Trinajstić information content (AvgIpc) is 2.85. The number of alkyl halides is 1. The molecule has 0 aliphatic heterocycles. The number of methoxy groups -OCH3 is 1. The first kappa shape index (κ1) is 15.0. The van der Waals surface area contributed by atoms with Crippen molar-refractivity contribution >= 4 is 23.2 Å². The maximum atomic E-state index is 6.01. The van der Waals surface area contributed by atoms with Crippen LogP contribution in [0.1, 0.15) is 11.1 Å². The molecule has 2 rings (SSSR count). The van der Waals surface area contributed by atoms with E-state index in [2.05, 4.69) is 5.10 Å². The summed E-state index contributed by atoms with van der Waals surface area (Å²) in [5.41, 5.74) is 1.94. The number of aromatic nitrogens is 2. The highest BCUT2D eigenvalue weighted by Crippen LogP contribution is 2.35. The third kappa shape index (κ3) is 3.58. The molecule has 0 atom stereocenters. The predicted molar refractivity (Wildman–Crippen MR) is 80.0 cm³/mol. The molecule has 20 heavy (non-hydrogen) atoms. The third-order valence-electron chi connectivity index (χ3n) is 2.86. The molecule has 0 aliphatic carbocycles. The number of halogens is 2. The fourth-order valence-electron chi connectivity index (χ4n) is 1.91. The lowest BCUT2D eigenvalue weighted by Crippen LogP contribution is -2.04. The van der Waals surface area contributed by atoms with Gasteiger partial charge in [-0.1, -0.05) is 11.6 Å². The van der Waals surface area contributed by atoms with E-state index in [4.69, 9.17) is 32.7 Å². The number of rotatable bonds is 6. The summed E-state index contributed by atoms with van der Waals surface area (Å²) < 4.78 is 12.9. The highest BCUT2D eigenvalue weighted by molar-refractivity contribution is 6.31. The molecule has 0 spiro atoms. The van der Waals surface area contributed by atoms with Crippen molar-refractivity contribution in [2.45, 2.75) is 12.3 Å². The molecule has 1 aromatic carbocycles. The number of ether oxygens (including phenoxy) is 2. The summed E-state index contributed by atoms with van der Waals surface area (Å²) in [5.74, 6) is 1.56. The van der Waals surface area contributed by atoms with E-state index < -0.39 is 0 Å². The molecule has 0 amide bonds. The van der Waals surface area contributed by atoms with Crippen molar-refractivity contribution in [3.05, 3.63) is 40.7 Å². The van der Waals surface area contributed by atoms with Crippen molar-refractivity contribution in [1.82, 2.24) is 9.78 Å². The van der Waals surface area contributed by atoms with Crippen molar-refractivity contribution in [1.29, 1.82) is 0 Å². The van der Waals surface area contributed by atoms with Gasteiger partial charge in [0.05, 0.1) is 25.8 Å². The maximum Gasteiger partial charge on any atom is 0.165 e. The monoisotopic (exact) mass is 314 g/mol. The van der Waals surface area contributed by atoms with Gasteiger partial charge < -0.3 is 9.47 Å². The fraction of sp³-hybridized carbons (Fsp3) is 0.357. The average molecular weight is 315 g/mol. The van der Waals surface area contributed by atoms with Gasteiger partial charge in [-0.05, 0) is 11.6 Å². The van der Waals surface area contributed by atoms with Crippen LogP contribution < -0.4 is 9.47 Å². The van der Waals surface area contributed by atoms with Crippen LogP contribution in [-0.2, 0) is 19.3 Å². The van der Waals surface area contributed by atoms with E-state index in [-0.39, 0.29) is 0 Å². The number of aryl methyl sites for hydroxylation is 1. The van der Waals surface area contributed by atoms with Crippen LogP contribution in [0.3, 0.4) is 0 Å². The van der Waals surface area contributed by atoms with Gasteiger partial charge in [0.25, 0.3) is 0 Å². The van der Waals surface area contributed by atoms with Gasteiger partial charge in [-0.2, -0.15) is 5.10 Å². The molecule has 0 bridgehead atoms. The summed E-state index contributed by atoms with van der Waals surface area (Å²) in [6.45, 7) is 0.521. The minimum Gasteiger partial charge on any atom is -0.493 e. The first-order chi connectivity index (χ1) is 9.63. The van der Waals surface area contributed by atoms with Crippen LogP contribution in [0.15, 0.2) is 24.5 Å². The number of benzene rings is 1. The van der Waals surface area contributed by atoms with Crippen LogP contribution in [0.4, 0.5) is 0 Å². The second kappa shape index (κ2) is 6.86. The summed E-state index contributed by atoms with van der Waals surface area (Å²) in [5, 5.41) is 4.70. The zero-order valence-electron chi connectivity index (χ0n) is 11.4. The minimum atomic E-state index is 0.319. The summed E-state index contributed by atoms with van der Waals surface area (Å²) >= 11 is 11.9. The highest BCUT2D eigenvalue weighted by atomic mass is 35.5. The van der Waals surface area contributed by atoms with Crippen LogP contribution in [0.25, 0.3) is 0 Å². The van der Waals surface area contributed by atoms with Crippen molar-refractivity contribution in [2.75, 3.05) is 13.7 Å². The molecule has 0 radical (unpaired) electrons. The van der Waals surface area contributed by atoms with Crippen molar-refractivity contribution in [3.63, 3.8) is 0 Å². The van der Waals surface area contributed by atoms with Crippen LogP contribution >= 0.6 is 23.2 Å². The summed E-state index contributed by atoms with van der Waals surface area (Å²) in [6.07, 6.45) is 4.55. The number of nitrogens with zero attached hydrogens (tertiary/aromatic N) is 2. The fourth-order valence-corrected chi connectivity index (χ4v) is 2.34. The summed E-state index contributed by atoms with van der Waals surface area (Å²) in [7, 11) is 3.47. The van der Waals surface area contributed by atoms with Crippen molar-refractivity contribution in [3.8, 4) is 11.5 Å². The number of hydrogen-bond acceptors (Lipinski definition) is 3. The molecule has 0 saturated carbocycles. The van der Waals surface area contributed by atoms with Crippen molar-refractivity contribution < 1.29 is 9.47 Å². The van der Waals surface area contributed by atoms with Gasteiger partial charge >= 0.3 is 0 Å². The molecule has 0 fully saturated rings. The first-order valence-corrected chi connectivity index (χ1v) is 7.08. The topological polar surface area (TPSA) is 36.3 Å². The van der Waals surface area contributed by atoms with Crippen LogP contribution in [0, 0.1) is 0 Å². The first-order valence-electron chi connectivity index (χ1n) is 6.16. The predicted octanol–water partition coefficient (Wildman–Crippen LogP) is 3.44. The van der Waals surface area contributed by atoms with Gasteiger partial charge in [-0.15, -0.1) is 11.6 Å². The lowest BCUT2D eigenvalue weighted by molar-refractivity contribution is 0.295. The van der Waals surface area contributed by atoms with Crippen LogP contribution in [0.5, 0.6) is 11.5 Å². The molecule has 0 unspecified atom stereocenters. The third-order valence-corrected chi connectivity index (χ3v) is 3.36. The molecule has 1 aromatic heterocycles. The molecule has 2 aromatic rings. The Morgan fingerprint density at radius 1 is 1.35 bits per heavy atom. The van der Waals surface area contributed by atoms with Gasteiger partial charge in [-0.3, -0.25) is 4.68 Å². The lowest BCUT2D eigenvalue weighted by Gasteiger charge is -2.14. The Bertz CT molecular complexity index is 559. The lowest BCUT2D eigenvalue weighted by atomic mass is 10.2. The van der Waals surface area contributed by atoms with Gasteiger partial charge in [0.2, 0.25) is 0 Å². The van der Waals surface area contributed by atoms with Gasteiger partial charge in [0.1, 0.15) is 0 Å². The Morgan fingerprint density at radius 3 is 2.75 bits per heavy atom. The number of hydrogen-bond donors (Lipinski definition) is 0. The van der Waals surface area contributed by atoms with E-state index in [1.54, 1.807) is 23.9 Å². The molecule has 0 aliphatic rings. The molecular formula is C14H16Cl2N2O2. The Morgan fingerprint density at radius 2 is 2.15 bits per heavy atom. The largest absolute Gasteiger partial charge is 0.493 e. The molecule has 4 nitrogen and oxygen atoms in total. The van der Waals surface area contributed by atoms with E-state index in [9.17, 15) is 0 Å². The summed E-state index contributed by atoms with van der Waals surface area (Å²) in [4.78, 5) is 0. The highest BCUT2D eigenvalue weighted by Gasteiger charge is 2.12. The molecule has 1 heterocycles. The molecule has 108 valence electrons. The van der Waals surface area contributed by atoms with E-state index in [1.807, 2.05) is 19.4 Å². The maximum absolute atomic E-state index is 6.01. The minimum absolute atomic E-state index is 0.319. The van der Waals surface area contributed by atoms with Crippen molar-refractivity contribution in [2.24, 2.45) is 7.05 Å². The smallest absolute Gasteiger partial charge is 0.165 e. The Kier molecular flexibility index (Phi) is 5.15. The SMILES string of the molecule is COc1cc(Cl)cc(CCl)c1OCCc1cnn(C)c1. The molecular weight excluding hydrogens is 299 g/mol. The van der Waals surface area contributed by atoms with E-state index in [0.29, 0.717) is 29.0 Å². The van der Waals surface area contributed by atoms with E-state index in [1.165, 1.54) is 0 Å². The second-order valence-electron chi connectivity index (χ2n) is 4.35. The van der Waals surface area contributed by atoms with Crippen LogP contribution in [0.2, 0.25) is 5.02 Å². The zero-order valence-corrected chi connectivity index (χ0v) is 12.9. The van der Waals surface area contributed by atoms with Gasteiger partial charge in [-0.25, -0.2) is 0 Å². The summed E-state index contributed by atoms with van der Waals surface area (Å²) in [6, 6.07) is 3.51. The molecule has 0 saturated heterocycles. The Labute approximate surface area is 128 Å². The van der Waals surface area contributed by atoms with E-state index in [0.717, 1.165) is 17.5 Å². The Hall–Kier alpha value is -1.39. The van der Waals surface area contributed by atoms with Gasteiger partial charge in [0.15, 0.2) is 11.5 Å². The standard InChI is InChI=1S/C14H16Cl2N2O2/c1-18-9-10(8-17-18)3-4-20-14-11(7-15)5-12(16)6-13(14)19-2/h5-6,8-9H,3-4,7H2,1-2H3. The molecule has 0 N–H and O–H groups in total. The quantitative estimate of drug-likeness (QED) is 0.766. The van der Waals surface area contributed by atoms with E-state index >= 15 is 0 Å². The Balaban J connectivity index is 2.08. The zero-order chi connectivity index (χ0) is 14.5. The molecule has 6 heteroatoms. The normalized spacial score (nSPS) is 10.6. The second-order valence-corrected chi connectivity index (χ2v) is 5.05. The van der Waals surface area contributed by atoms with Gasteiger partial charge in [0, 0.05) is 36.3 Å². The van der Waals surface area contributed by atoms with Crippen LogP contribution in [-0.4, -0.2) is 23.5 Å².